The van der Waals surface area contributed by atoms with Crippen LogP contribution >= 0.6 is 0 Å². The first-order chi connectivity index (χ1) is 10.6. The number of rotatable bonds is 4. The average molecular weight is 302 g/mol. The topological polar surface area (TPSA) is 32.3 Å². The second-order valence-corrected chi connectivity index (χ2v) is 5.36. The van der Waals surface area contributed by atoms with Crippen LogP contribution in [0.3, 0.4) is 0 Å². The lowest BCUT2D eigenvalue weighted by molar-refractivity contribution is -0.119. The van der Waals surface area contributed by atoms with Crippen LogP contribution in [0.15, 0.2) is 48.5 Å². The van der Waals surface area contributed by atoms with Crippen LogP contribution < -0.4 is 5.32 Å². The lowest BCUT2D eigenvalue weighted by atomic mass is 9.95. The van der Waals surface area contributed by atoms with Gasteiger partial charge in [0.05, 0.1) is 12.2 Å². The number of hydrogen-bond donors (Lipinski definition) is 1. The molecule has 22 heavy (non-hydrogen) atoms. The van der Waals surface area contributed by atoms with Crippen LogP contribution in [0.2, 0.25) is 0 Å². The molecular weight excluding hydrogens is 286 g/mol. The number of amides is 1. The Hall–Kier alpha value is -2.27. The lowest BCUT2D eigenvalue weighted by Crippen LogP contribution is -2.45. The predicted octanol–water partition coefficient (Wildman–Crippen LogP) is 3.35. The minimum atomic E-state index is -0.767. The van der Waals surface area contributed by atoms with E-state index in [1.165, 1.54) is 11.6 Å². The number of carbonyl (C=O) groups excluding carboxylic acids is 1. The number of hydrogen-bond acceptors (Lipinski definition) is 2. The highest BCUT2D eigenvalue weighted by Gasteiger charge is 2.30. The summed E-state index contributed by atoms with van der Waals surface area (Å²) in [6, 6.07) is 13.3. The Labute approximate surface area is 127 Å². The highest BCUT2D eigenvalue weighted by atomic mass is 19.1. The van der Waals surface area contributed by atoms with Crippen molar-refractivity contribution in [2.24, 2.45) is 0 Å². The third-order valence-corrected chi connectivity index (χ3v) is 3.87. The molecule has 1 aliphatic heterocycles. The highest BCUT2D eigenvalue weighted by molar-refractivity contribution is 5.92. The Bertz CT molecular complexity index is 676. The first-order valence-electron chi connectivity index (χ1n) is 7.17. The number of benzene rings is 2. The van der Waals surface area contributed by atoms with Gasteiger partial charge >= 0.3 is 0 Å². The van der Waals surface area contributed by atoms with Gasteiger partial charge < -0.3 is 5.32 Å². The zero-order valence-electron chi connectivity index (χ0n) is 11.9. The smallest absolute Gasteiger partial charge is 0.238 e. The van der Waals surface area contributed by atoms with E-state index in [2.05, 4.69) is 5.32 Å². The fourth-order valence-electron chi connectivity index (χ4n) is 2.65. The van der Waals surface area contributed by atoms with Crippen molar-refractivity contribution in [1.82, 2.24) is 4.90 Å². The molecule has 1 heterocycles. The second kappa shape index (κ2) is 6.23. The summed E-state index contributed by atoms with van der Waals surface area (Å²) in [5.41, 5.74) is 1.18. The van der Waals surface area contributed by atoms with E-state index in [1.54, 1.807) is 0 Å². The van der Waals surface area contributed by atoms with Crippen LogP contribution in [0, 0.1) is 11.6 Å². The largest absolute Gasteiger partial charge is 0.322 e. The number of likely N-dealkylation sites (tertiary alicyclic amines) is 1. The van der Waals surface area contributed by atoms with Gasteiger partial charge in [0, 0.05) is 18.7 Å². The van der Waals surface area contributed by atoms with Crippen LogP contribution in [0.1, 0.15) is 18.0 Å². The molecule has 0 aliphatic carbocycles. The van der Waals surface area contributed by atoms with Crippen molar-refractivity contribution in [3.8, 4) is 0 Å². The van der Waals surface area contributed by atoms with Crippen molar-refractivity contribution >= 4 is 11.6 Å². The van der Waals surface area contributed by atoms with Crippen LogP contribution in [0.25, 0.3) is 0 Å². The molecule has 0 unspecified atom stereocenters. The van der Waals surface area contributed by atoms with Crippen molar-refractivity contribution < 1.29 is 13.6 Å². The van der Waals surface area contributed by atoms with Gasteiger partial charge in [-0.05, 0) is 24.1 Å². The van der Waals surface area contributed by atoms with Crippen LogP contribution in [0.4, 0.5) is 14.5 Å². The van der Waals surface area contributed by atoms with Crippen LogP contribution in [-0.4, -0.2) is 23.9 Å². The van der Waals surface area contributed by atoms with Gasteiger partial charge in [-0.25, -0.2) is 8.78 Å². The third kappa shape index (κ3) is 3.14. The maximum atomic E-state index is 13.5. The first kappa shape index (κ1) is 14.7. The number of halogens is 2. The molecule has 2 aromatic carbocycles. The summed E-state index contributed by atoms with van der Waals surface area (Å²) in [5, 5.41) is 2.49. The molecule has 1 N–H and O–H groups in total. The van der Waals surface area contributed by atoms with E-state index in [9.17, 15) is 13.6 Å². The summed E-state index contributed by atoms with van der Waals surface area (Å²) in [7, 11) is 0. The van der Waals surface area contributed by atoms with Gasteiger partial charge in [-0.3, -0.25) is 9.69 Å². The monoisotopic (exact) mass is 302 g/mol. The lowest BCUT2D eigenvalue weighted by Gasteiger charge is -2.40. The van der Waals surface area contributed by atoms with Crippen molar-refractivity contribution in [3.05, 3.63) is 65.7 Å². The van der Waals surface area contributed by atoms with Crippen molar-refractivity contribution in [2.75, 3.05) is 18.4 Å². The number of nitrogens with zero attached hydrogens (tertiary/aromatic N) is 1. The maximum absolute atomic E-state index is 13.5. The van der Waals surface area contributed by atoms with E-state index in [4.69, 9.17) is 0 Å². The van der Waals surface area contributed by atoms with Crippen molar-refractivity contribution in [2.45, 2.75) is 12.5 Å². The molecule has 1 amide bonds. The Kier molecular flexibility index (Phi) is 4.15. The average Bonchev–Trinajstić information content (AvgIpc) is 2.48. The summed E-state index contributed by atoms with van der Waals surface area (Å²) in [5.74, 6) is -1.73. The molecule has 0 bridgehead atoms. The third-order valence-electron chi connectivity index (χ3n) is 3.87. The maximum Gasteiger partial charge on any atom is 0.238 e. The van der Waals surface area contributed by atoms with Crippen molar-refractivity contribution in [3.63, 3.8) is 0 Å². The van der Waals surface area contributed by atoms with Crippen LogP contribution in [-0.2, 0) is 4.79 Å². The Morgan fingerprint density at radius 1 is 1.18 bits per heavy atom. The Morgan fingerprint density at radius 3 is 2.59 bits per heavy atom. The van der Waals surface area contributed by atoms with Gasteiger partial charge in [-0.1, -0.05) is 30.3 Å². The molecular formula is C17H16F2N2O. The molecule has 1 fully saturated rings. The minimum Gasteiger partial charge on any atom is -0.322 e. The molecule has 2 aromatic rings. The quantitative estimate of drug-likeness (QED) is 0.939. The standard InChI is InChI=1S/C17H16F2N2O/c18-13-6-7-15(14(19)10-13)20-17(22)11-21-9-8-16(21)12-4-2-1-3-5-12/h1-7,10,16H,8-9,11H2,(H,20,22)/t16-/m0/s1. The van der Waals surface area contributed by atoms with Gasteiger partial charge in [0.2, 0.25) is 5.91 Å². The van der Waals surface area contributed by atoms with E-state index < -0.39 is 11.6 Å². The zero-order valence-corrected chi connectivity index (χ0v) is 11.9. The first-order valence-corrected chi connectivity index (χ1v) is 7.17. The Balaban J connectivity index is 1.60. The molecule has 0 radical (unpaired) electrons. The van der Waals surface area contributed by atoms with E-state index in [-0.39, 0.29) is 24.2 Å². The number of anilines is 1. The summed E-state index contributed by atoms with van der Waals surface area (Å²) in [6.07, 6.45) is 1.00. The van der Waals surface area contributed by atoms with Crippen molar-refractivity contribution in [1.29, 1.82) is 0 Å². The summed E-state index contributed by atoms with van der Waals surface area (Å²) in [4.78, 5) is 14.1. The van der Waals surface area contributed by atoms with E-state index >= 15 is 0 Å². The molecule has 3 nitrogen and oxygen atoms in total. The molecule has 1 atom stereocenters. The van der Waals surface area contributed by atoms with E-state index in [0.29, 0.717) is 0 Å². The highest BCUT2D eigenvalue weighted by Crippen LogP contribution is 2.32. The van der Waals surface area contributed by atoms with Gasteiger partial charge in [0.15, 0.2) is 0 Å². The molecule has 1 aliphatic rings. The molecule has 0 saturated carbocycles. The molecule has 0 spiro atoms. The molecule has 0 aromatic heterocycles. The molecule has 5 heteroatoms. The zero-order chi connectivity index (χ0) is 15.5. The summed E-state index contributed by atoms with van der Waals surface area (Å²) in [6.45, 7) is 1.02. The van der Waals surface area contributed by atoms with E-state index in [1.807, 2.05) is 35.2 Å². The van der Waals surface area contributed by atoms with Gasteiger partial charge in [0.1, 0.15) is 11.6 Å². The van der Waals surface area contributed by atoms with Gasteiger partial charge in [-0.2, -0.15) is 0 Å². The fraction of sp³-hybridized carbons (Fsp3) is 0.235. The molecule has 114 valence electrons. The summed E-state index contributed by atoms with van der Waals surface area (Å²) < 4.78 is 26.4. The molecule has 3 rings (SSSR count). The molecule has 1 saturated heterocycles. The van der Waals surface area contributed by atoms with Gasteiger partial charge in [0.25, 0.3) is 0 Å². The predicted molar refractivity (Wildman–Crippen MR) is 80.4 cm³/mol. The normalized spacial score (nSPS) is 17.8. The van der Waals surface area contributed by atoms with Gasteiger partial charge in [-0.15, -0.1) is 0 Å². The minimum absolute atomic E-state index is 0.00295. The van der Waals surface area contributed by atoms with Crippen LogP contribution in [0.5, 0.6) is 0 Å². The second-order valence-electron chi connectivity index (χ2n) is 5.36. The number of nitrogens with one attached hydrogen (secondary N) is 1. The SMILES string of the molecule is O=C(CN1CC[C@H]1c1ccccc1)Nc1ccc(F)cc1F. The Morgan fingerprint density at radius 2 is 1.95 bits per heavy atom. The number of carbonyl (C=O) groups is 1. The summed E-state index contributed by atoms with van der Waals surface area (Å²) >= 11 is 0. The fourth-order valence-corrected chi connectivity index (χ4v) is 2.65. The van der Waals surface area contributed by atoms with E-state index in [0.717, 1.165) is 25.1 Å².